The fraction of sp³-hybridized carbons (Fsp3) is 0.480. The summed E-state index contributed by atoms with van der Waals surface area (Å²) in [5.74, 6) is -6.58. The maximum absolute atomic E-state index is 15.7. The summed E-state index contributed by atoms with van der Waals surface area (Å²) >= 11 is 0. The summed E-state index contributed by atoms with van der Waals surface area (Å²) in [5, 5.41) is 41.0. The number of aliphatic hydroxyl groups is 3. The van der Waals surface area contributed by atoms with Crippen molar-refractivity contribution >= 4 is 35.6 Å². The molecule has 3 aliphatic carbocycles. The summed E-state index contributed by atoms with van der Waals surface area (Å²) in [6.07, 6.45) is -10.5. The number of hydrogen-bond donors (Lipinski definition) is 4. The number of rotatable bonds is 6. The van der Waals surface area contributed by atoms with E-state index in [-0.39, 0.29) is 54.6 Å². The number of Topliss-reactive ketones (excluding diaryl/α,β-unsaturated/α-hetero) is 1. The van der Waals surface area contributed by atoms with Gasteiger partial charge in [0.25, 0.3) is 5.91 Å². The van der Waals surface area contributed by atoms with Gasteiger partial charge in [-0.2, -0.15) is 0 Å². The summed E-state index contributed by atoms with van der Waals surface area (Å²) in [6.45, 7) is 6.85. The lowest BCUT2D eigenvalue weighted by molar-refractivity contribution is -0.346. The molecule has 66 heavy (non-hydrogen) atoms. The molecule has 16 heteroatoms. The van der Waals surface area contributed by atoms with Crippen LogP contribution in [-0.4, -0.2) is 112 Å². The van der Waals surface area contributed by atoms with Gasteiger partial charge in [0.05, 0.1) is 42.8 Å². The zero-order chi connectivity index (χ0) is 47.5. The highest BCUT2D eigenvalue weighted by Crippen LogP contribution is 2.64. The summed E-state index contributed by atoms with van der Waals surface area (Å²) in [4.78, 5) is 86.2. The van der Waals surface area contributed by atoms with Gasteiger partial charge < -0.3 is 49.1 Å². The van der Waals surface area contributed by atoms with Crippen molar-refractivity contribution in [3.63, 3.8) is 0 Å². The summed E-state index contributed by atoms with van der Waals surface area (Å²) in [6, 6.07) is 19.6. The van der Waals surface area contributed by atoms with Crippen molar-refractivity contribution in [3.05, 3.63) is 112 Å². The first-order chi connectivity index (χ1) is 31.3. The zero-order valence-electron chi connectivity index (χ0n) is 37.6. The van der Waals surface area contributed by atoms with Crippen LogP contribution in [0.4, 0.5) is 0 Å². The minimum Gasteiger partial charge on any atom is -0.497 e. The van der Waals surface area contributed by atoms with Gasteiger partial charge in [-0.05, 0) is 79.3 Å². The van der Waals surface area contributed by atoms with Gasteiger partial charge in [0.15, 0.2) is 23.6 Å². The van der Waals surface area contributed by atoms with Crippen LogP contribution in [0.15, 0.2) is 90.0 Å². The van der Waals surface area contributed by atoms with E-state index < -0.39 is 113 Å². The predicted octanol–water partition coefficient (Wildman–Crippen LogP) is 4.06. The molecule has 5 aliphatic rings. The average Bonchev–Trinajstić information content (AvgIpc) is 3.29. The van der Waals surface area contributed by atoms with Gasteiger partial charge >= 0.3 is 23.9 Å². The molecule has 3 aromatic rings. The number of carbonyl (C=O) groups excluding carboxylic acids is 6. The number of benzene rings is 3. The lowest BCUT2D eigenvalue weighted by Gasteiger charge is -2.67. The van der Waals surface area contributed by atoms with Crippen LogP contribution in [0, 0.1) is 16.7 Å². The molecule has 3 fully saturated rings. The molecule has 2 heterocycles. The number of methoxy groups -OCH3 is 1. The molecule has 4 bridgehead atoms. The number of ketones is 1. The van der Waals surface area contributed by atoms with E-state index in [4.69, 9.17) is 28.4 Å². The minimum atomic E-state index is -2.42. The normalized spacial score (nSPS) is 33.9. The van der Waals surface area contributed by atoms with Gasteiger partial charge in [0.2, 0.25) is 0 Å². The Bertz CT molecular complexity index is 2480. The molecule has 0 unspecified atom stereocenters. The molecule has 350 valence electrons. The number of aliphatic hydroxyl groups excluding tert-OH is 2. The van der Waals surface area contributed by atoms with Gasteiger partial charge in [0.1, 0.15) is 29.7 Å². The number of ether oxygens (including phenoxy) is 6. The molecule has 1 spiro atoms. The lowest BCUT2D eigenvalue weighted by Crippen LogP contribution is -2.82. The molecule has 2 saturated carbocycles. The van der Waals surface area contributed by atoms with Crippen molar-refractivity contribution < 1.29 is 72.5 Å². The molecular weight excluding hydrogens is 855 g/mol. The van der Waals surface area contributed by atoms with Crippen LogP contribution in [0.3, 0.4) is 0 Å². The highest BCUT2D eigenvalue weighted by molar-refractivity contribution is 5.96. The number of carbonyl (C=O) groups is 6. The van der Waals surface area contributed by atoms with E-state index in [9.17, 15) is 39.3 Å². The van der Waals surface area contributed by atoms with Gasteiger partial charge in [-0.1, -0.05) is 62.4 Å². The second kappa shape index (κ2) is 17.4. The number of esters is 4. The van der Waals surface area contributed by atoms with Crippen LogP contribution < -0.4 is 10.1 Å². The van der Waals surface area contributed by atoms with E-state index in [1.807, 2.05) is 0 Å². The number of amides is 1. The van der Waals surface area contributed by atoms with Crippen molar-refractivity contribution in [3.8, 4) is 5.75 Å². The lowest BCUT2D eigenvalue weighted by atomic mass is 9.44. The molecule has 3 aromatic carbocycles. The predicted molar refractivity (Wildman–Crippen MR) is 232 cm³/mol. The number of hydrogen-bond acceptors (Lipinski definition) is 15. The highest BCUT2D eigenvalue weighted by Gasteiger charge is 2.78. The molecule has 0 radical (unpaired) electrons. The maximum Gasteiger partial charge on any atom is 0.338 e. The fourth-order valence-electron chi connectivity index (χ4n) is 11.2. The third-order valence-electron chi connectivity index (χ3n) is 14.8. The Hall–Kier alpha value is -5.94. The van der Waals surface area contributed by atoms with Crippen molar-refractivity contribution in [2.45, 2.75) is 121 Å². The minimum absolute atomic E-state index is 0.00624. The van der Waals surface area contributed by atoms with Crippen LogP contribution in [0.5, 0.6) is 5.75 Å². The van der Waals surface area contributed by atoms with Gasteiger partial charge in [-0.3, -0.25) is 19.2 Å². The molecular formula is C50H55NO15. The second-order valence-corrected chi connectivity index (χ2v) is 18.7. The van der Waals surface area contributed by atoms with Crippen molar-refractivity contribution in [2.24, 2.45) is 16.7 Å². The number of fused-ring (bicyclic) bond motifs is 3. The molecule has 16 nitrogen and oxygen atoms in total. The van der Waals surface area contributed by atoms with Gasteiger partial charge in [-0.25, -0.2) is 9.59 Å². The smallest absolute Gasteiger partial charge is 0.338 e. The SMILES string of the molecule is COc1cccc(C(=O)O[C@H]2[C@@H]3[C@]45CO[C@@H]4C[C@H](O)[C@@]3(C)C(=O)[C@H](OC(C)=O)C3=C(C)[C@H](C[C@]2(O)C3(C)C)OC(=O)[C@H](O)[C@@H](NC(=O)c2ccccc2)c2ccccc2CCCC(=O)O5)c1. The Balaban J connectivity index is 1.36. The third-order valence-corrected chi connectivity index (χ3v) is 14.8. The van der Waals surface area contributed by atoms with E-state index in [2.05, 4.69) is 5.32 Å². The molecule has 1 amide bonds. The van der Waals surface area contributed by atoms with E-state index in [1.165, 1.54) is 33.1 Å². The molecule has 11 atom stereocenters. The van der Waals surface area contributed by atoms with Crippen LogP contribution in [0.25, 0.3) is 0 Å². The number of aryl methyl sites for hydroxylation is 1. The number of nitrogens with one attached hydrogen (secondary N) is 1. The van der Waals surface area contributed by atoms with Crippen LogP contribution in [0.1, 0.15) is 98.2 Å². The van der Waals surface area contributed by atoms with Crippen LogP contribution >= 0.6 is 0 Å². The molecule has 2 aliphatic heterocycles. The Kier molecular flexibility index (Phi) is 12.3. The first-order valence-electron chi connectivity index (χ1n) is 22.1. The molecule has 0 aromatic heterocycles. The standard InChI is InChI=1S/C50H55NO15/c1-26-33-24-50(60)43(65-45(58)30-18-12-19-31(22-30)61-6)41-48(5,42(56)40(63-27(2)52)37(26)47(50,3)4)34(53)23-35-49(41,25-62-35)66-36(54)21-13-17-28-14-10-11-20-32(28)38(39(55)46(59)64-33)51-44(57)29-15-8-7-9-16-29/h7-12,14-16,18-20,22,33-35,38-41,43,53,55,60H,13,17,21,23-25H2,1-6H3,(H,51,57)/t33-,34-,35+,38-,39+,40+,41-,43-,48+,49-,50+/m0/s1. The maximum atomic E-state index is 15.7. The summed E-state index contributed by atoms with van der Waals surface area (Å²) in [5.41, 5.74) is -6.66. The van der Waals surface area contributed by atoms with Crippen molar-refractivity contribution in [2.75, 3.05) is 13.7 Å². The Morgan fingerprint density at radius 3 is 2.26 bits per heavy atom. The van der Waals surface area contributed by atoms with E-state index >= 15 is 4.79 Å². The second-order valence-electron chi connectivity index (χ2n) is 18.7. The summed E-state index contributed by atoms with van der Waals surface area (Å²) in [7, 11) is 1.41. The molecule has 1 saturated heterocycles. The monoisotopic (exact) mass is 909 g/mol. The quantitative estimate of drug-likeness (QED) is 0.155. The fourth-order valence-corrected chi connectivity index (χ4v) is 11.2. The zero-order valence-corrected chi connectivity index (χ0v) is 37.6. The Morgan fingerprint density at radius 2 is 1.58 bits per heavy atom. The van der Waals surface area contributed by atoms with Gasteiger partial charge in [0, 0.05) is 37.2 Å². The van der Waals surface area contributed by atoms with Crippen LogP contribution in [0.2, 0.25) is 0 Å². The Labute approximate surface area is 381 Å². The van der Waals surface area contributed by atoms with Crippen LogP contribution in [-0.2, 0) is 49.3 Å². The van der Waals surface area contributed by atoms with E-state index in [1.54, 1.807) is 80.6 Å². The Morgan fingerprint density at radius 1 is 0.879 bits per heavy atom. The van der Waals surface area contributed by atoms with Gasteiger partial charge in [-0.15, -0.1) is 0 Å². The van der Waals surface area contributed by atoms with E-state index in [0.29, 0.717) is 16.9 Å². The largest absolute Gasteiger partial charge is 0.497 e. The topological polar surface area (TPSA) is 231 Å². The van der Waals surface area contributed by atoms with Crippen molar-refractivity contribution in [1.29, 1.82) is 0 Å². The van der Waals surface area contributed by atoms with E-state index in [0.717, 1.165) is 6.92 Å². The highest BCUT2D eigenvalue weighted by atomic mass is 16.6. The first kappa shape index (κ1) is 46.6. The third kappa shape index (κ3) is 7.57. The first-order valence-corrected chi connectivity index (χ1v) is 22.1. The van der Waals surface area contributed by atoms with Crippen molar-refractivity contribution in [1.82, 2.24) is 5.32 Å². The molecule has 8 rings (SSSR count). The summed E-state index contributed by atoms with van der Waals surface area (Å²) < 4.78 is 36.5. The molecule has 4 N–H and O–H groups in total. The average molecular weight is 910 g/mol.